The van der Waals surface area contributed by atoms with Gasteiger partial charge in [-0.2, -0.15) is 0 Å². The van der Waals surface area contributed by atoms with Gasteiger partial charge in [0.15, 0.2) is 5.88 Å². The number of rotatable bonds is 1. The van der Waals surface area contributed by atoms with E-state index in [2.05, 4.69) is 4.98 Å². The number of H-pyrrole nitrogens is 1. The Balaban J connectivity index is 2.38. The van der Waals surface area contributed by atoms with E-state index in [4.69, 9.17) is 0 Å². The zero-order valence-corrected chi connectivity index (χ0v) is 8.94. The third-order valence-corrected chi connectivity index (χ3v) is 2.83. The molecule has 3 rings (SSSR count). The molecular formula is C14H10FNO. The van der Waals surface area contributed by atoms with Crippen molar-refractivity contribution in [2.45, 2.75) is 0 Å². The Kier molecular flexibility index (Phi) is 2.11. The largest absolute Gasteiger partial charge is 0.494 e. The maximum Gasteiger partial charge on any atom is 0.197 e. The average molecular weight is 227 g/mol. The maximum absolute atomic E-state index is 13.7. The minimum Gasteiger partial charge on any atom is -0.494 e. The van der Waals surface area contributed by atoms with Crippen LogP contribution in [-0.4, -0.2) is 10.1 Å². The van der Waals surface area contributed by atoms with E-state index in [1.165, 1.54) is 6.07 Å². The summed E-state index contributed by atoms with van der Waals surface area (Å²) in [5.41, 5.74) is 1.71. The number of hydrogen-bond acceptors (Lipinski definition) is 1. The van der Waals surface area contributed by atoms with E-state index in [-0.39, 0.29) is 11.7 Å². The lowest BCUT2D eigenvalue weighted by Crippen LogP contribution is -1.82. The zero-order chi connectivity index (χ0) is 11.8. The average Bonchev–Trinajstić information content (AvgIpc) is 2.66. The van der Waals surface area contributed by atoms with E-state index >= 15 is 0 Å². The van der Waals surface area contributed by atoms with Crippen molar-refractivity contribution >= 4 is 10.9 Å². The molecule has 3 heteroatoms. The monoisotopic (exact) mass is 227 g/mol. The minimum atomic E-state index is -0.340. The molecule has 17 heavy (non-hydrogen) atoms. The molecule has 0 aliphatic carbocycles. The summed E-state index contributed by atoms with van der Waals surface area (Å²) in [5.74, 6) is -0.344. The Morgan fingerprint density at radius 1 is 0.941 bits per heavy atom. The van der Waals surface area contributed by atoms with Crippen LogP contribution in [0.3, 0.4) is 0 Å². The molecule has 0 aliphatic rings. The molecule has 2 aromatic carbocycles. The lowest BCUT2D eigenvalue weighted by Gasteiger charge is -2.02. The number of nitrogens with one attached hydrogen (secondary N) is 1. The minimum absolute atomic E-state index is 0.00343. The van der Waals surface area contributed by atoms with Gasteiger partial charge in [0.1, 0.15) is 5.82 Å². The summed E-state index contributed by atoms with van der Waals surface area (Å²) in [4.78, 5) is 2.84. The normalized spacial score (nSPS) is 10.9. The summed E-state index contributed by atoms with van der Waals surface area (Å²) in [6.45, 7) is 0. The summed E-state index contributed by atoms with van der Waals surface area (Å²) >= 11 is 0. The molecular weight excluding hydrogens is 217 g/mol. The highest BCUT2D eigenvalue weighted by Crippen LogP contribution is 2.37. The van der Waals surface area contributed by atoms with Gasteiger partial charge in [0, 0.05) is 16.5 Å². The lowest BCUT2D eigenvalue weighted by atomic mass is 10.0. The highest BCUT2D eigenvalue weighted by molar-refractivity contribution is 5.98. The SMILES string of the molecule is Oc1[nH]c2ccccc2c1-c1ccccc1F. The molecule has 0 radical (unpaired) electrons. The van der Waals surface area contributed by atoms with Gasteiger partial charge in [-0.25, -0.2) is 4.39 Å². The molecule has 2 nitrogen and oxygen atoms in total. The van der Waals surface area contributed by atoms with Crippen molar-refractivity contribution in [3.05, 3.63) is 54.3 Å². The molecule has 3 aromatic rings. The van der Waals surface area contributed by atoms with Gasteiger partial charge >= 0.3 is 0 Å². The lowest BCUT2D eigenvalue weighted by molar-refractivity contribution is 0.460. The summed E-state index contributed by atoms with van der Waals surface area (Å²) in [6.07, 6.45) is 0. The van der Waals surface area contributed by atoms with Crippen molar-refractivity contribution in [2.24, 2.45) is 0 Å². The predicted octanol–water partition coefficient (Wildman–Crippen LogP) is 3.68. The van der Waals surface area contributed by atoms with Crippen LogP contribution in [0.2, 0.25) is 0 Å². The molecule has 1 heterocycles. The molecule has 0 amide bonds. The third-order valence-electron chi connectivity index (χ3n) is 2.83. The van der Waals surface area contributed by atoms with E-state index in [0.29, 0.717) is 11.1 Å². The van der Waals surface area contributed by atoms with Gasteiger partial charge in [-0.1, -0.05) is 36.4 Å². The third kappa shape index (κ3) is 1.47. The van der Waals surface area contributed by atoms with Crippen molar-refractivity contribution in [2.75, 3.05) is 0 Å². The van der Waals surface area contributed by atoms with E-state index in [9.17, 15) is 9.50 Å². The second-order valence-corrected chi connectivity index (χ2v) is 3.87. The second kappa shape index (κ2) is 3.63. The van der Waals surface area contributed by atoms with Crippen LogP contribution in [0.4, 0.5) is 4.39 Å². The van der Waals surface area contributed by atoms with E-state index < -0.39 is 0 Å². The summed E-state index contributed by atoms with van der Waals surface area (Å²) in [7, 11) is 0. The quantitative estimate of drug-likeness (QED) is 0.653. The molecule has 84 valence electrons. The van der Waals surface area contributed by atoms with Crippen LogP contribution in [0.15, 0.2) is 48.5 Å². The number of benzene rings is 2. The highest BCUT2D eigenvalue weighted by atomic mass is 19.1. The van der Waals surface area contributed by atoms with E-state index in [1.54, 1.807) is 18.2 Å². The molecule has 0 atom stereocenters. The first kappa shape index (κ1) is 9.90. The Bertz CT molecular complexity index is 688. The molecule has 0 saturated carbocycles. The standard InChI is InChI=1S/C14H10FNO/c15-11-7-3-1-5-9(11)13-10-6-2-4-8-12(10)16-14(13)17/h1-8,16-17H. The number of aromatic nitrogens is 1. The molecule has 0 fully saturated rings. The fourth-order valence-corrected chi connectivity index (χ4v) is 2.06. The van der Waals surface area contributed by atoms with Gasteiger partial charge < -0.3 is 10.1 Å². The second-order valence-electron chi connectivity index (χ2n) is 3.87. The van der Waals surface area contributed by atoms with Crippen molar-refractivity contribution < 1.29 is 9.50 Å². The maximum atomic E-state index is 13.7. The first-order valence-corrected chi connectivity index (χ1v) is 5.32. The van der Waals surface area contributed by atoms with Crippen LogP contribution in [0.1, 0.15) is 0 Å². The van der Waals surface area contributed by atoms with Gasteiger partial charge in [0.25, 0.3) is 0 Å². The molecule has 1 aromatic heterocycles. The van der Waals surface area contributed by atoms with E-state index in [1.807, 2.05) is 24.3 Å². The van der Waals surface area contributed by atoms with Crippen molar-refractivity contribution in [3.8, 4) is 17.0 Å². The number of hydrogen-bond donors (Lipinski definition) is 2. The zero-order valence-electron chi connectivity index (χ0n) is 8.94. The van der Waals surface area contributed by atoms with Gasteiger partial charge in [0.05, 0.1) is 5.56 Å². The van der Waals surface area contributed by atoms with Crippen LogP contribution in [-0.2, 0) is 0 Å². The van der Waals surface area contributed by atoms with Crippen molar-refractivity contribution in [1.29, 1.82) is 0 Å². The molecule has 2 N–H and O–H groups in total. The number of aromatic amines is 1. The van der Waals surface area contributed by atoms with Gasteiger partial charge in [-0.3, -0.25) is 0 Å². The summed E-state index contributed by atoms with van der Waals surface area (Å²) < 4.78 is 13.7. The fourth-order valence-electron chi connectivity index (χ4n) is 2.06. The number of halogens is 1. The van der Waals surface area contributed by atoms with Crippen LogP contribution >= 0.6 is 0 Å². The van der Waals surface area contributed by atoms with Crippen LogP contribution < -0.4 is 0 Å². The van der Waals surface area contributed by atoms with E-state index in [0.717, 1.165) is 10.9 Å². The van der Waals surface area contributed by atoms with Crippen LogP contribution in [0.25, 0.3) is 22.0 Å². The first-order chi connectivity index (χ1) is 8.27. The van der Waals surface area contributed by atoms with Crippen molar-refractivity contribution in [3.63, 3.8) is 0 Å². The number of aromatic hydroxyl groups is 1. The molecule has 0 unspecified atom stereocenters. The highest BCUT2D eigenvalue weighted by Gasteiger charge is 2.15. The first-order valence-electron chi connectivity index (χ1n) is 5.32. The molecule has 0 aliphatic heterocycles. The smallest absolute Gasteiger partial charge is 0.197 e. The predicted molar refractivity (Wildman–Crippen MR) is 65.4 cm³/mol. The van der Waals surface area contributed by atoms with Crippen LogP contribution in [0.5, 0.6) is 5.88 Å². The Hall–Kier alpha value is -2.29. The molecule has 0 bridgehead atoms. The fraction of sp³-hybridized carbons (Fsp3) is 0. The van der Waals surface area contributed by atoms with Gasteiger partial charge in [0.2, 0.25) is 0 Å². The van der Waals surface area contributed by atoms with Gasteiger partial charge in [-0.05, 0) is 12.1 Å². The summed E-state index contributed by atoms with van der Waals surface area (Å²) in [6, 6.07) is 13.8. The number of para-hydroxylation sites is 1. The van der Waals surface area contributed by atoms with Gasteiger partial charge in [-0.15, -0.1) is 0 Å². The molecule has 0 spiro atoms. The Morgan fingerprint density at radius 2 is 1.65 bits per heavy atom. The molecule has 0 saturated heterocycles. The Labute approximate surface area is 97.3 Å². The summed E-state index contributed by atoms with van der Waals surface area (Å²) in [5, 5.41) is 10.7. The van der Waals surface area contributed by atoms with Crippen molar-refractivity contribution in [1.82, 2.24) is 4.98 Å². The topological polar surface area (TPSA) is 36.0 Å². The Morgan fingerprint density at radius 3 is 2.47 bits per heavy atom. The number of fused-ring (bicyclic) bond motifs is 1. The van der Waals surface area contributed by atoms with Crippen LogP contribution in [0, 0.1) is 5.82 Å².